The van der Waals surface area contributed by atoms with Crippen molar-refractivity contribution < 1.29 is 0 Å². The van der Waals surface area contributed by atoms with Crippen LogP contribution in [0.15, 0.2) is 23.7 Å². The van der Waals surface area contributed by atoms with Gasteiger partial charge >= 0.3 is 0 Å². The number of nitrogens with one attached hydrogen (secondary N) is 1. The average Bonchev–Trinajstić information content (AvgIpc) is 2.82. The van der Waals surface area contributed by atoms with Crippen LogP contribution in [-0.4, -0.2) is 11.0 Å². The standard InChI is InChI=1S/C15H22N2S/c1-3-4-5-6-7-12(2)17-13-8-9-14-15(10-13)18-11-16-14/h8-12,17H,3-7H2,1-2H3. The summed E-state index contributed by atoms with van der Waals surface area (Å²) < 4.78 is 1.26. The molecule has 0 aliphatic heterocycles. The third-order valence-corrected chi connectivity index (χ3v) is 4.03. The maximum Gasteiger partial charge on any atom is 0.0813 e. The molecule has 0 saturated carbocycles. The van der Waals surface area contributed by atoms with Gasteiger partial charge in [-0.1, -0.05) is 32.6 Å². The van der Waals surface area contributed by atoms with E-state index in [1.807, 2.05) is 5.51 Å². The summed E-state index contributed by atoms with van der Waals surface area (Å²) in [5, 5.41) is 3.58. The lowest BCUT2D eigenvalue weighted by Gasteiger charge is -2.15. The number of thiazole rings is 1. The Morgan fingerprint density at radius 1 is 1.28 bits per heavy atom. The molecule has 0 radical (unpaired) electrons. The second-order valence-electron chi connectivity index (χ2n) is 4.93. The summed E-state index contributed by atoms with van der Waals surface area (Å²) in [6.45, 7) is 4.52. The molecule has 1 aromatic carbocycles. The molecule has 1 N–H and O–H groups in total. The Kier molecular flexibility index (Phi) is 5.00. The van der Waals surface area contributed by atoms with E-state index in [-0.39, 0.29) is 0 Å². The van der Waals surface area contributed by atoms with Gasteiger partial charge in [-0.05, 0) is 31.5 Å². The number of unbranched alkanes of at least 4 members (excludes halogenated alkanes) is 3. The molecule has 1 atom stereocenters. The summed E-state index contributed by atoms with van der Waals surface area (Å²) in [4.78, 5) is 4.30. The summed E-state index contributed by atoms with van der Waals surface area (Å²) >= 11 is 1.70. The van der Waals surface area contributed by atoms with E-state index >= 15 is 0 Å². The molecule has 0 bridgehead atoms. The van der Waals surface area contributed by atoms with Crippen LogP contribution < -0.4 is 5.32 Å². The first kappa shape index (κ1) is 13.3. The van der Waals surface area contributed by atoms with Gasteiger partial charge in [0.15, 0.2) is 0 Å². The number of fused-ring (bicyclic) bond motifs is 1. The van der Waals surface area contributed by atoms with Crippen molar-refractivity contribution >= 4 is 27.2 Å². The van der Waals surface area contributed by atoms with Crippen LogP contribution in [0.1, 0.15) is 46.0 Å². The smallest absolute Gasteiger partial charge is 0.0813 e. The molecule has 2 aromatic rings. The minimum Gasteiger partial charge on any atom is -0.383 e. The lowest BCUT2D eigenvalue weighted by atomic mass is 10.1. The number of hydrogen-bond acceptors (Lipinski definition) is 3. The maximum atomic E-state index is 4.30. The Balaban J connectivity index is 1.84. The Bertz CT molecular complexity index is 478. The molecular weight excluding hydrogens is 240 g/mol. The number of benzene rings is 1. The van der Waals surface area contributed by atoms with E-state index in [1.165, 1.54) is 42.5 Å². The molecule has 1 unspecified atom stereocenters. The highest BCUT2D eigenvalue weighted by molar-refractivity contribution is 7.16. The van der Waals surface area contributed by atoms with Gasteiger partial charge in [-0.15, -0.1) is 11.3 Å². The highest BCUT2D eigenvalue weighted by Crippen LogP contribution is 2.22. The van der Waals surface area contributed by atoms with Gasteiger partial charge in [-0.25, -0.2) is 4.98 Å². The molecule has 0 amide bonds. The molecule has 0 spiro atoms. The summed E-state index contributed by atoms with van der Waals surface area (Å²) in [6, 6.07) is 6.98. The number of rotatable bonds is 7. The first-order chi connectivity index (χ1) is 8.79. The van der Waals surface area contributed by atoms with Crippen LogP contribution in [0, 0.1) is 0 Å². The zero-order chi connectivity index (χ0) is 12.8. The third kappa shape index (κ3) is 3.70. The fourth-order valence-electron chi connectivity index (χ4n) is 2.18. The van der Waals surface area contributed by atoms with Crippen LogP contribution in [-0.2, 0) is 0 Å². The second kappa shape index (κ2) is 6.74. The van der Waals surface area contributed by atoms with E-state index < -0.39 is 0 Å². The Hall–Kier alpha value is -1.09. The minimum atomic E-state index is 0.548. The zero-order valence-corrected chi connectivity index (χ0v) is 12.1. The van der Waals surface area contributed by atoms with Crippen LogP contribution in [0.25, 0.3) is 10.2 Å². The molecule has 2 rings (SSSR count). The van der Waals surface area contributed by atoms with Gasteiger partial charge < -0.3 is 5.32 Å². The maximum absolute atomic E-state index is 4.30. The van der Waals surface area contributed by atoms with Crippen LogP contribution in [0.5, 0.6) is 0 Å². The van der Waals surface area contributed by atoms with Gasteiger partial charge in [0, 0.05) is 11.7 Å². The Morgan fingerprint density at radius 3 is 3.00 bits per heavy atom. The summed E-state index contributed by atoms with van der Waals surface area (Å²) in [7, 11) is 0. The average molecular weight is 262 g/mol. The lowest BCUT2D eigenvalue weighted by Crippen LogP contribution is -2.14. The third-order valence-electron chi connectivity index (χ3n) is 3.24. The Morgan fingerprint density at radius 2 is 2.17 bits per heavy atom. The van der Waals surface area contributed by atoms with Crippen molar-refractivity contribution in [3.63, 3.8) is 0 Å². The number of hydrogen-bond donors (Lipinski definition) is 1. The molecule has 98 valence electrons. The van der Waals surface area contributed by atoms with Gasteiger partial charge in [0.25, 0.3) is 0 Å². The van der Waals surface area contributed by atoms with Gasteiger partial charge in [0.1, 0.15) is 0 Å². The van der Waals surface area contributed by atoms with E-state index in [1.54, 1.807) is 11.3 Å². The van der Waals surface area contributed by atoms with Crippen molar-refractivity contribution in [1.29, 1.82) is 0 Å². The highest BCUT2D eigenvalue weighted by atomic mass is 32.1. The molecule has 18 heavy (non-hydrogen) atoms. The first-order valence-electron chi connectivity index (χ1n) is 6.89. The van der Waals surface area contributed by atoms with Gasteiger partial charge in [0.05, 0.1) is 15.7 Å². The van der Waals surface area contributed by atoms with E-state index in [4.69, 9.17) is 0 Å². The molecule has 2 nitrogen and oxygen atoms in total. The molecule has 3 heteroatoms. The summed E-state index contributed by atoms with van der Waals surface area (Å²) in [5.41, 5.74) is 4.22. The van der Waals surface area contributed by atoms with Crippen LogP contribution in [0.4, 0.5) is 5.69 Å². The van der Waals surface area contributed by atoms with Crippen molar-refractivity contribution in [2.45, 2.75) is 52.0 Å². The van der Waals surface area contributed by atoms with Crippen molar-refractivity contribution in [3.8, 4) is 0 Å². The predicted molar refractivity (Wildman–Crippen MR) is 81.5 cm³/mol. The quantitative estimate of drug-likeness (QED) is 0.705. The second-order valence-corrected chi connectivity index (χ2v) is 5.82. The normalized spacial score (nSPS) is 12.8. The SMILES string of the molecule is CCCCCCC(C)Nc1ccc2ncsc2c1. The minimum absolute atomic E-state index is 0.548. The van der Waals surface area contributed by atoms with Gasteiger partial charge in [-0.2, -0.15) is 0 Å². The summed E-state index contributed by atoms with van der Waals surface area (Å²) in [6.07, 6.45) is 6.60. The van der Waals surface area contributed by atoms with Gasteiger partial charge in [-0.3, -0.25) is 0 Å². The summed E-state index contributed by atoms with van der Waals surface area (Å²) in [5.74, 6) is 0. The number of anilines is 1. The molecule has 0 aliphatic carbocycles. The van der Waals surface area contributed by atoms with Crippen LogP contribution >= 0.6 is 11.3 Å². The molecule has 0 aliphatic rings. The highest BCUT2D eigenvalue weighted by Gasteiger charge is 2.03. The van der Waals surface area contributed by atoms with Crippen LogP contribution in [0.3, 0.4) is 0 Å². The molecule has 1 heterocycles. The largest absolute Gasteiger partial charge is 0.383 e. The van der Waals surface area contributed by atoms with E-state index in [9.17, 15) is 0 Å². The Labute approximate surface area is 113 Å². The van der Waals surface area contributed by atoms with E-state index in [0.717, 1.165) is 5.52 Å². The molecule has 1 aromatic heterocycles. The zero-order valence-electron chi connectivity index (χ0n) is 11.3. The van der Waals surface area contributed by atoms with Gasteiger partial charge in [0.2, 0.25) is 0 Å². The first-order valence-corrected chi connectivity index (χ1v) is 7.77. The van der Waals surface area contributed by atoms with Crippen molar-refractivity contribution in [2.75, 3.05) is 5.32 Å². The van der Waals surface area contributed by atoms with E-state index in [0.29, 0.717) is 6.04 Å². The predicted octanol–water partition coefficient (Wildman–Crippen LogP) is 5.07. The fraction of sp³-hybridized carbons (Fsp3) is 0.533. The molecule has 0 fully saturated rings. The van der Waals surface area contributed by atoms with Crippen molar-refractivity contribution in [3.05, 3.63) is 23.7 Å². The monoisotopic (exact) mass is 262 g/mol. The molecular formula is C15H22N2S. The lowest BCUT2D eigenvalue weighted by molar-refractivity contribution is 0.594. The van der Waals surface area contributed by atoms with Crippen molar-refractivity contribution in [1.82, 2.24) is 4.98 Å². The molecule has 0 saturated heterocycles. The number of nitrogens with zero attached hydrogens (tertiary/aromatic N) is 1. The topological polar surface area (TPSA) is 24.9 Å². The van der Waals surface area contributed by atoms with Crippen LogP contribution in [0.2, 0.25) is 0 Å². The van der Waals surface area contributed by atoms with E-state index in [2.05, 4.69) is 42.3 Å². The fourth-order valence-corrected chi connectivity index (χ4v) is 2.90. The number of aromatic nitrogens is 1. The van der Waals surface area contributed by atoms with Crippen molar-refractivity contribution in [2.24, 2.45) is 0 Å².